The minimum absolute atomic E-state index is 0.0448. The van der Waals surface area contributed by atoms with Crippen molar-refractivity contribution in [3.8, 4) is 5.75 Å². The topological polar surface area (TPSA) is 67.2 Å². The number of halogens is 5. The molecule has 0 bridgehead atoms. The number of amides is 1. The second-order valence-corrected chi connectivity index (χ2v) is 4.79. The average Bonchev–Trinajstić information content (AvgIpc) is 2.78. The predicted octanol–water partition coefficient (Wildman–Crippen LogP) is 3.76. The number of hydrogen-bond acceptors (Lipinski definition) is 3. The summed E-state index contributed by atoms with van der Waals surface area (Å²) in [6.45, 7) is -0.763. The molecule has 1 amide bonds. The van der Waals surface area contributed by atoms with Gasteiger partial charge >= 0.3 is 0 Å². The van der Waals surface area contributed by atoms with Gasteiger partial charge in [-0.1, -0.05) is 23.7 Å². The Morgan fingerprint density at radius 1 is 1.26 bits per heavy atom. The van der Waals surface area contributed by atoms with Crippen LogP contribution in [0.5, 0.6) is 5.75 Å². The van der Waals surface area contributed by atoms with E-state index in [0.29, 0.717) is 4.68 Å². The number of anilines is 1. The van der Waals surface area contributed by atoms with Crippen molar-refractivity contribution in [3.63, 3.8) is 0 Å². The number of hydrogen-bond donors (Lipinski definition) is 2. The minimum Gasteiger partial charge on any atom is -0.506 e. The molecule has 2 N–H and O–H groups in total. The van der Waals surface area contributed by atoms with Crippen LogP contribution in [0.2, 0.25) is 5.02 Å². The van der Waals surface area contributed by atoms with E-state index < -0.39 is 41.7 Å². The zero-order valence-electron chi connectivity index (χ0n) is 11.3. The maximum absolute atomic E-state index is 12.9. The molecule has 2 aromatic rings. The molecule has 0 aliphatic heterocycles. The van der Waals surface area contributed by atoms with Crippen LogP contribution in [0, 0.1) is 0 Å². The number of nitrogens with one attached hydrogen (secondary N) is 1. The van der Waals surface area contributed by atoms with Crippen molar-refractivity contribution in [2.75, 3.05) is 5.32 Å². The number of nitrogens with zero attached hydrogens (tertiary/aromatic N) is 2. The number of para-hydroxylation sites is 2. The van der Waals surface area contributed by atoms with Crippen molar-refractivity contribution < 1.29 is 27.5 Å². The molecule has 0 saturated heterocycles. The molecule has 0 saturated carbocycles. The summed E-state index contributed by atoms with van der Waals surface area (Å²) in [5.74, 6) is -1.07. The Balaban J connectivity index is 2.24. The minimum atomic E-state index is -3.18. The molecule has 0 unspecified atom stereocenters. The Kier molecular flexibility index (Phi) is 5.09. The van der Waals surface area contributed by atoms with Crippen LogP contribution >= 0.6 is 11.6 Å². The number of carbonyl (C=O) groups is 1. The van der Waals surface area contributed by atoms with E-state index in [1.54, 1.807) is 0 Å². The summed E-state index contributed by atoms with van der Waals surface area (Å²) in [5.41, 5.74) is -1.94. The smallest absolute Gasteiger partial charge is 0.283 e. The van der Waals surface area contributed by atoms with E-state index in [0.717, 1.165) is 0 Å². The van der Waals surface area contributed by atoms with Gasteiger partial charge in [0, 0.05) is 0 Å². The lowest BCUT2D eigenvalue weighted by Crippen LogP contribution is -2.21. The predicted molar refractivity (Wildman–Crippen MR) is 73.9 cm³/mol. The molecule has 1 heterocycles. The lowest BCUT2D eigenvalue weighted by atomic mass is 10.3. The molecule has 1 aromatic carbocycles. The second-order valence-electron chi connectivity index (χ2n) is 4.41. The highest BCUT2D eigenvalue weighted by Crippen LogP contribution is 2.34. The SMILES string of the molecule is O=C(Cn1nc(C(F)F)c(Cl)c1C(F)F)Nc1ccccc1O. The maximum atomic E-state index is 12.9. The van der Waals surface area contributed by atoms with Crippen molar-refractivity contribution in [2.24, 2.45) is 0 Å². The molecule has 23 heavy (non-hydrogen) atoms. The fraction of sp³-hybridized carbons (Fsp3) is 0.231. The van der Waals surface area contributed by atoms with Crippen LogP contribution in [0.4, 0.5) is 23.2 Å². The van der Waals surface area contributed by atoms with Crippen LogP contribution < -0.4 is 5.32 Å². The Labute approximate surface area is 132 Å². The number of rotatable bonds is 5. The highest BCUT2D eigenvalue weighted by Gasteiger charge is 2.28. The van der Waals surface area contributed by atoms with Crippen LogP contribution in [-0.2, 0) is 11.3 Å². The summed E-state index contributed by atoms with van der Waals surface area (Å²) in [6, 6.07) is 5.73. The summed E-state index contributed by atoms with van der Waals surface area (Å²) in [4.78, 5) is 11.8. The first kappa shape index (κ1) is 17.1. The van der Waals surface area contributed by atoms with Crippen molar-refractivity contribution in [3.05, 3.63) is 40.7 Å². The molecular weight excluding hydrogens is 342 g/mol. The van der Waals surface area contributed by atoms with Gasteiger partial charge < -0.3 is 10.4 Å². The first-order valence-electron chi connectivity index (χ1n) is 6.21. The third-order valence-electron chi connectivity index (χ3n) is 2.84. The van der Waals surface area contributed by atoms with Gasteiger partial charge in [-0.05, 0) is 12.1 Å². The van der Waals surface area contributed by atoms with Gasteiger partial charge in [-0.3, -0.25) is 9.48 Å². The summed E-state index contributed by atoms with van der Waals surface area (Å²) in [7, 11) is 0. The molecular formula is C13H10ClF4N3O2. The van der Waals surface area contributed by atoms with Gasteiger partial charge in [-0.25, -0.2) is 17.6 Å². The van der Waals surface area contributed by atoms with Crippen molar-refractivity contribution in [1.29, 1.82) is 0 Å². The van der Waals surface area contributed by atoms with Crippen LogP contribution in [0.3, 0.4) is 0 Å². The highest BCUT2D eigenvalue weighted by atomic mass is 35.5. The van der Waals surface area contributed by atoms with Gasteiger partial charge in [0.2, 0.25) is 5.91 Å². The molecule has 0 radical (unpaired) electrons. The average molecular weight is 352 g/mol. The number of phenolic OH excluding ortho intramolecular Hbond substituents is 1. The van der Waals surface area contributed by atoms with E-state index in [1.807, 2.05) is 0 Å². The fourth-order valence-corrected chi connectivity index (χ4v) is 2.15. The Morgan fingerprint density at radius 3 is 2.48 bits per heavy atom. The number of benzene rings is 1. The van der Waals surface area contributed by atoms with E-state index in [2.05, 4.69) is 10.4 Å². The van der Waals surface area contributed by atoms with E-state index >= 15 is 0 Å². The van der Waals surface area contributed by atoms with Crippen molar-refractivity contribution >= 4 is 23.2 Å². The molecule has 0 aliphatic carbocycles. The standard InChI is InChI=1S/C13H10ClF4N3O2/c14-9-10(12(15)16)20-21(11(9)13(17)18)5-8(23)19-6-3-1-2-4-7(6)22/h1-4,12-13,22H,5H2,(H,19,23). The highest BCUT2D eigenvalue weighted by molar-refractivity contribution is 6.32. The van der Waals surface area contributed by atoms with Crippen LogP contribution in [0.15, 0.2) is 24.3 Å². The quantitative estimate of drug-likeness (QED) is 0.636. The molecule has 5 nitrogen and oxygen atoms in total. The molecule has 0 atom stereocenters. The van der Waals surface area contributed by atoms with Gasteiger partial charge in [0.25, 0.3) is 12.9 Å². The number of carbonyl (C=O) groups excluding carboxylic acids is 1. The zero-order valence-corrected chi connectivity index (χ0v) is 12.1. The van der Waals surface area contributed by atoms with Gasteiger partial charge in [0.15, 0.2) is 0 Å². The van der Waals surface area contributed by atoms with Crippen LogP contribution in [0.25, 0.3) is 0 Å². The molecule has 10 heteroatoms. The van der Waals surface area contributed by atoms with Crippen molar-refractivity contribution in [2.45, 2.75) is 19.4 Å². The summed E-state index contributed by atoms with van der Waals surface area (Å²) < 4.78 is 51.7. The Hall–Kier alpha value is -2.29. The zero-order chi connectivity index (χ0) is 17.1. The van der Waals surface area contributed by atoms with Gasteiger partial charge in [-0.2, -0.15) is 5.10 Å². The summed E-state index contributed by atoms with van der Waals surface area (Å²) >= 11 is 5.47. The second kappa shape index (κ2) is 6.86. The van der Waals surface area contributed by atoms with Gasteiger partial charge in [-0.15, -0.1) is 0 Å². The van der Waals surface area contributed by atoms with E-state index in [4.69, 9.17) is 11.6 Å². The molecule has 0 spiro atoms. The summed E-state index contributed by atoms with van der Waals surface area (Å²) in [5, 5.41) is 14.2. The number of alkyl halides is 4. The maximum Gasteiger partial charge on any atom is 0.283 e. The monoisotopic (exact) mass is 351 g/mol. The Morgan fingerprint density at radius 2 is 1.91 bits per heavy atom. The molecule has 0 fully saturated rings. The molecule has 2 rings (SSSR count). The van der Waals surface area contributed by atoms with Gasteiger partial charge in [0.1, 0.15) is 23.7 Å². The van der Waals surface area contributed by atoms with Crippen LogP contribution in [0.1, 0.15) is 24.2 Å². The Bertz CT molecular complexity index is 721. The van der Waals surface area contributed by atoms with Crippen LogP contribution in [-0.4, -0.2) is 20.8 Å². The van der Waals surface area contributed by atoms with Crippen molar-refractivity contribution in [1.82, 2.24) is 9.78 Å². The molecule has 1 aromatic heterocycles. The lowest BCUT2D eigenvalue weighted by Gasteiger charge is -2.09. The first-order chi connectivity index (χ1) is 10.8. The third-order valence-corrected chi connectivity index (χ3v) is 3.23. The fourth-order valence-electron chi connectivity index (χ4n) is 1.85. The van der Waals surface area contributed by atoms with E-state index in [1.165, 1.54) is 24.3 Å². The number of aromatic hydroxyl groups is 1. The third kappa shape index (κ3) is 3.73. The molecule has 124 valence electrons. The first-order valence-corrected chi connectivity index (χ1v) is 6.59. The number of phenols is 1. The normalized spacial score (nSPS) is 11.3. The number of aromatic nitrogens is 2. The van der Waals surface area contributed by atoms with E-state index in [9.17, 15) is 27.5 Å². The van der Waals surface area contributed by atoms with Gasteiger partial charge in [0.05, 0.1) is 10.7 Å². The van der Waals surface area contributed by atoms with E-state index in [-0.39, 0.29) is 11.4 Å². The molecule has 0 aliphatic rings. The summed E-state index contributed by atoms with van der Waals surface area (Å²) in [6.07, 6.45) is -6.33. The largest absolute Gasteiger partial charge is 0.506 e. The lowest BCUT2D eigenvalue weighted by molar-refractivity contribution is -0.117.